The van der Waals surface area contributed by atoms with Crippen LogP contribution in [0.3, 0.4) is 0 Å². The molecule has 0 aliphatic carbocycles. The topological polar surface area (TPSA) is 55.8 Å². The fraction of sp³-hybridized carbons (Fsp3) is 0.562. The van der Waals surface area contributed by atoms with E-state index in [9.17, 15) is 9.90 Å². The Morgan fingerprint density at radius 3 is 2.43 bits per heavy atom. The molecule has 116 valence electrons. The van der Waals surface area contributed by atoms with Crippen LogP contribution in [0.25, 0.3) is 0 Å². The smallest absolute Gasteiger partial charge is 0.321 e. The third-order valence-corrected chi connectivity index (χ3v) is 4.20. The Labute approximate surface area is 126 Å². The van der Waals surface area contributed by atoms with Crippen LogP contribution in [0.5, 0.6) is 0 Å². The number of carbonyl (C=O) groups excluding carboxylic acids is 1. The minimum Gasteiger partial charge on any atom is -0.389 e. The number of piperidine rings is 1. The van der Waals surface area contributed by atoms with Crippen LogP contribution in [0.1, 0.15) is 31.4 Å². The molecule has 1 aromatic carbocycles. The minimum absolute atomic E-state index is 0.0747. The van der Waals surface area contributed by atoms with Crippen LogP contribution in [-0.4, -0.2) is 54.2 Å². The second kappa shape index (κ2) is 6.91. The molecule has 0 aromatic heterocycles. The standard InChI is InChI=1S/C16H25N3O2/c1-12(20)13-4-6-14(7-5-13)17-16(21)19(3)15-8-10-18(2)11-9-15/h4-7,12,15,20H,8-11H2,1-3H3,(H,17,21). The van der Waals surface area contributed by atoms with Crippen molar-refractivity contribution in [1.82, 2.24) is 9.80 Å². The highest BCUT2D eigenvalue weighted by Crippen LogP contribution is 2.18. The number of nitrogens with one attached hydrogen (secondary N) is 1. The molecule has 1 aromatic rings. The van der Waals surface area contributed by atoms with Gasteiger partial charge in [0, 0.05) is 18.8 Å². The molecule has 1 aliphatic heterocycles. The van der Waals surface area contributed by atoms with Gasteiger partial charge in [0.05, 0.1) is 6.10 Å². The molecule has 2 amide bonds. The predicted octanol–water partition coefficient (Wildman–Crippen LogP) is 2.30. The number of nitrogens with zero attached hydrogens (tertiary/aromatic N) is 2. The Kier molecular flexibility index (Phi) is 5.20. The Hall–Kier alpha value is -1.59. The van der Waals surface area contributed by atoms with Gasteiger partial charge in [-0.05, 0) is 57.6 Å². The van der Waals surface area contributed by atoms with Gasteiger partial charge >= 0.3 is 6.03 Å². The van der Waals surface area contributed by atoms with Crippen LogP contribution >= 0.6 is 0 Å². The van der Waals surface area contributed by atoms with E-state index in [1.54, 1.807) is 11.8 Å². The van der Waals surface area contributed by atoms with Gasteiger partial charge in [-0.1, -0.05) is 12.1 Å². The van der Waals surface area contributed by atoms with Crippen molar-refractivity contribution < 1.29 is 9.90 Å². The van der Waals surface area contributed by atoms with Gasteiger partial charge in [0.15, 0.2) is 0 Å². The van der Waals surface area contributed by atoms with E-state index < -0.39 is 6.10 Å². The normalized spacial score (nSPS) is 18.3. The zero-order valence-corrected chi connectivity index (χ0v) is 13.0. The summed E-state index contributed by atoms with van der Waals surface area (Å²) in [5.74, 6) is 0. The molecule has 0 bridgehead atoms. The number of carbonyl (C=O) groups is 1. The highest BCUT2D eigenvalue weighted by Gasteiger charge is 2.23. The number of rotatable bonds is 3. The molecule has 1 aliphatic rings. The number of likely N-dealkylation sites (tertiary alicyclic amines) is 1. The van der Waals surface area contributed by atoms with E-state index in [0.29, 0.717) is 6.04 Å². The first-order chi connectivity index (χ1) is 9.97. The predicted molar refractivity (Wildman–Crippen MR) is 84.4 cm³/mol. The van der Waals surface area contributed by atoms with Crippen LogP contribution in [0.2, 0.25) is 0 Å². The van der Waals surface area contributed by atoms with E-state index in [-0.39, 0.29) is 6.03 Å². The van der Waals surface area contributed by atoms with Gasteiger partial charge in [0.1, 0.15) is 0 Å². The fourth-order valence-corrected chi connectivity index (χ4v) is 2.60. The third kappa shape index (κ3) is 4.19. The van der Waals surface area contributed by atoms with Crippen molar-refractivity contribution in [2.75, 3.05) is 32.5 Å². The van der Waals surface area contributed by atoms with Crippen LogP contribution in [0.15, 0.2) is 24.3 Å². The highest BCUT2D eigenvalue weighted by atomic mass is 16.3. The molecule has 1 fully saturated rings. The number of urea groups is 1. The molecule has 0 spiro atoms. The molecular formula is C16H25N3O2. The number of amides is 2. The molecule has 0 saturated carbocycles. The van der Waals surface area contributed by atoms with Crippen molar-refractivity contribution in [1.29, 1.82) is 0 Å². The van der Waals surface area contributed by atoms with Crippen molar-refractivity contribution >= 4 is 11.7 Å². The molecule has 1 atom stereocenters. The number of aliphatic hydroxyl groups excluding tert-OH is 1. The second-order valence-corrected chi connectivity index (χ2v) is 5.87. The van der Waals surface area contributed by atoms with Gasteiger partial charge < -0.3 is 20.2 Å². The lowest BCUT2D eigenvalue weighted by molar-refractivity contribution is 0.156. The molecule has 5 nitrogen and oxygen atoms in total. The summed E-state index contributed by atoms with van der Waals surface area (Å²) in [5.41, 5.74) is 1.60. The lowest BCUT2D eigenvalue weighted by Gasteiger charge is -2.35. The highest BCUT2D eigenvalue weighted by molar-refractivity contribution is 5.89. The van der Waals surface area contributed by atoms with Crippen LogP contribution < -0.4 is 5.32 Å². The molecule has 1 heterocycles. The van der Waals surface area contributed by atoms with E-state index >= 15 is 0 Å². The van der Waals surface area contributed by atoms with Crippen molar-refractivity contribution in [3.63, 3.8) is 0 Å². The van der Waals surface area contributed by atoms with Crippen LogP contribution in [0.4, 0.5) is 10.5 Å². The zero-order valence-electron chi connectivity index (χ0n) is 13.0. The molecule has 0 radical (unpaired) electrons. The Morgan fingerprint density at radius 1 is 1.33 bits per heavy atom. The zero-order chi connectivity index (χ0) is 15.4. The number of anilines is 1. The quantitative estimate of drug-likeness (QED) is 0.898. The summed E-state index contributed by atoms with van der Waals surface area (Å²) in [7, 11) is 3.97. The maximum Gasteiger partial charge on any atom is 0.321 e. The van der Waals surface area contributed by atoms with Gasteiger partial charge in [-0.2, -0.15) is 0 Å². The molecule has 5 heteroatoms. The van der Waals surface area contributed by atoms with Crippen molar-refractivity contribution in [2.24, 2.45) is 0 Å². The average Bonchev–Trinajstić information content (AvgIpc) is 2.47. The first kappa shape index (κ1) is 15.8. The van der Waals surface area contributed by atoms with E-state index in [2.05, 4.69) is 17.3 Å². The van der Waals surface area contributed by atoms with Crippen molar-refractivity contribution in [3.05, 3.63) is 29.8 Å². The largest absolute Gasteiger partial charge is 0.389 e. The third-order valence-electron chi connectivity index (χ3n) is 4.20. The molecule has 21 heavy (non-hydrogen) atoms. The van der Waals surface area contributed by atoms with Crippen LogP contribution in [0, 0.1) is 0 Å². The first-order valence-electron chi connectivity index (χ1n) is 7.47. The number of benzene rings is 1. The summed E-state index contributed by atoms with van der Waals surface area (Å²) in [6.07, 6.45) is 1.54. The van der Waals surface area contributed by atoms with Crippen molar-refractivity contribution in [2.45, 2.75) is 31.9 Å². The molecule has 2 rings (SSSR count). The van der Waals surface area contributed by atoms with Crippen molar-refractivity contribution in [3.8, 4) is 0 Å². The van der Waals surface area contributed by atoms with Gasteiger partial charge in [-0.3, -0.25) is 0 Å². The Morgan fingerprint density at radius 2 is 1.90 bits per heavy atom. The van der Waals surface area contributed by atoms with E-state index in [4.69, 9.17) is 0 Å². The SMILES string of the molecule is CC(O)c1ccc(NC(=O)N(C)C2CCN(C)CC2)cc1. The number of aliphatic hydroxyl groups is 1. The minimum atomic E-state index is -0.489. The maximum atomic E-state index is 12.3. The Bertz CT molecular complexity index is 465. The van der Waals surface area contributed by atoms with E-state index in [1.807, 2.05) is 31.3 Å². The molecule has 1 saturated heterocycles. The monoisotopic (exact) mass is 291 g/mol. The summed E-state index contributed by atoms with van der Waals surface area (Å²) < 4.78 is 0. The number of hydrogen-bond acceptors (Lipinski definition) is 3. The van der Waals surface area contributed by atoms with E-state index in [0.717, 1.165) is 37.2 Å². The molecule has 1 unspecified atom stereocenters. The first-order valence-corrected chi connectivity index (χ1v) is 7.47. The maximum absolute atomic E-state index is 12.3. The average molecular weight is 291 g/mol. The Balaban J connectivity index is 1.91. The number of hydrogen-bond donors (Lipinski definition) is 2. The summed E-state index contributed by atoms with van der Waals surface area (Å²) in [5, 5.41) is 12.4. The van der Waals surface area contributed by atoms with E-state index in [1.165, 1.54) is 0 Å². The summed E-state index contributed by atoms with van der Waals surface area (Å²) in [4.78, 5) is 16.4. The van der Waals surface area contributed by atoms with Crippen LogP contribution in [-0.2, 0) is 0 Å². The van der Waals surface area contributed by atoms with Gasteiger partial charge in [-0.15, -0.1) is 0 Å². The van der Waals surface area contributed by atoms with Gasteiger partial charge in [-0.25, -0.2) is 4.79 Å². The fourth-order valence-electron chi connectivity index (χ4n) is 2.60. The summed E-state index contributed by atoms with van der Waals surface area (Å²) in [6.45, 7) is 3.79. The summed E-state index contributed by atoms with van der Waals surface area (Å²) in [6, 6.07) is 7.53. The van der Waals surface area contributed by atoms with Gasteiger partial charge in [0.2, 0.25) is 0 Å². The van der Waals surface area contributed by atoms with Gasteiger partial charge in [0.25, 0.3) is 0 Å². The molecular weight excluding hydrogens is 266 g/mol. The lowest BCUT2D eigenvalue weighted by atomic mass is 10.0. The molecule has 2 N–H and O–H groups in total. The summed E-state index contributed by atoms with van der Waals surface area (Å²) >= 11 is 0. The lowest BCUT2D eigenvalue weighted by Crippen LogP contribution is -2.46. The second-order valence-electron chi connectivity index (χ2n) is 5.87.